The Kier molecular flexibility index (Phi) is 6.55. The van der Waals surface area contributed by atoms with Gasteiger partial charge in [0.05, 0.1) is 18.9 Å². The van der Waals surface area contributed by atoms with Crippen LogP contribution in [-0.2, 0) is 9.53 Å². The summed E-state index contributed by atoms with van der Waals surface area (Å²) in [5.41, 5.74) is 1.21. The van der Waals surface area contributed by atoms with Crippen molar-refractivity contribution in [3.8, 4) is 11.8 Å². The molecule has 144 valence electrons. The van der Waals surface area contributed by atoms with Gasteiger partial charge in [0.2, 0.25) is 0 Å². The highest BCUT2D eigenvalue weighted by Gasteiger charge is 2.21. The summed E-state index contributed by atoms with van der Waals surface area (Å²) in [5.74, 6) is 0.521. The fraction of sp³-hybridized carbons (Fsp3) is 0.500. The van der Waals surface area contributed by atoms with Crippen LogP contribution in [0.4, 0.5) is 5.69 Å². The number of anilines is 1. The number of nitrogens with one attached hydrogen (secondary N) is 1. The summed E-state index contributed by atoms with van der Waals surface area (Å²) in [6.45, 7) is 4.28. The van der Waals surface area contributed by atoms with E-state index in [1.165, 1.54) is 0 Å². The molecule has 0 saturated carbocycles. The first-order valence-corrected chi connectivity index (χ1v) is 9.35. The Balaban J connectivity index is 1.54. The summed E-state index contributed by atoms with van der Waals surface area (Å²) in [6, 6.07) is 9.97. The third kappa shape index (κ3) is 4.92. The van der Waals surface area contributed by atoms with Gasteiger partial charge in [-0.1, -0.05) is 12.1 Å². The molecule has 7 heteroatoms. The van der Waals surface area contributed by atoms with Gasteiger partial charge in [0.1, 0.15) is 17.4 Å². The molecule has 1 N–H and O–H groups in total. The van der Waals surface area contributed by atoms with Gasteiger partial charge in [0, 0.05) is 45.5 Å². The number of hydrogen-bond acceptors (Lipinski definition) is 6. The van der Waals surface area contributed by atoms with E-state index in [2.05, 4.69) is 10.2 Å². The van der Waals surface area contributed by atoms with Crippen molar-refractivity contribution in [1.82, 2.24) is 10.2 Å². The normalized spacial score (nSPS) is 20.3. The van der Waals surface area contributed by atoms with Crippen molar-refractivity contribution in [3.63, 3.8) is 0 Å². The van der Waals surface area contributed by atoms with Crippen LogP contribution in [0.15, 0.2) is 36.0 Å². The lowest BCUT2D eigenvalue weighted by Gasteiger charge is -2.36. The smallest absolute Gasteiger partial charge is 0.263 e. The fourth-order valence-electron chi connectivity index (χ4n) is 3.41. The monoisotopic (exact) mass is 370 g/mol. The molecule has 0 aromatic heterocycles. The maximum absolute atomic E-state index is 12.3. The van der Waals surface area contributed by atoms with Crippen LogP contribution in [0.5, 0.6) is 5.75 Å². The lowest BCUT2D eigenvalue weighted by molar-refractivity contribution is -0.117. The maximum atomic E-state index is 12.3. The second-order valence-electron chi connectivity index (χ2n) is 6.69. The van der Waals surface area contributed by atoms with Crippen molar-refractivity contribution in [3.05, 3.63) is 36.0 Å². The molecule has 2 saturated heterocycles. The van der Waals surface area contributed by atoms with Crippen LogP contribution in [0.3, 0.4) is 0 Å². The molecule has 27 heavy (non-hydrogen) atoms. The number of carbonyl (C=O) groups excluding carboxylic acids is 1. The van der Waals surface area contributed by atoms with Gasteiger partial charge in [-0.3, -0.25) is 4.79 Å². The van der Waals surface area contributed by atoms with Crippen molar-refractivity contribution in [2.24, 2.45) is 0 Å². The number of ether oxygens (including phenoxy) is 2. The molecule has 1 aromatic carbocycles. The fourth-order valence-corrected chi connectivity index (χ4v) is 3.41. The Morgan fingerprint density at radius 3 is 2.81 bits per heavy atom. The SMILES string of the molecule is COc1ccccc1N1CCN(/C=C(/C#N)C(=O)NCC2CCCO2)CC1. The summed E-state index contributed by atoms with van der Waals surface area (Å²) < 4.78 is 10.9. The molecule has 1 unspecified atom stereocenters. The minimum absolute atomic E-state index is 0.0679. The molecule has 0 bridgehead atoms. The van der Waals surface area contributed by atoms with Gasteiger partial charge in [-0.15, -0.1) is 0 Å². The Labute approximate surface area is 160 Å². The number of nitrogens with zero attached hydrogens (tertiary/aromatic N) is 3. The zero-order chi connectivity index (χ0) is 19.1. The molecule has 0 radical (unpaired) electrons. The van der Waals surface area contributed by atoms with Gasteiger partial charge in [0.15, 0.2) is 0 Å². The minimum Gasteiger partial charge on any atom is -0.495 e. The first-order valence-electron chi connectivity index (χ1n) is 9.35. The Morgan fingerprint density at radius 1 is 1.37 bits per heavy atom. The molecular formula is C20H26N4O3. The van der Waals surface area contributed by atoms with E-state index < -0.39 is 0 Å². The summed E-state index contributed by atoms with van der Waals surface area (Å²) >= 11 is 0. The van der Waals surface area contributed by atoms with Gasteiger partial charge >= 0.3 is 0 Å². The molecule has 2 heterocycles. The van der Waals surface area contributed by atoms with Crippen molar-refractivity contribution < 1.29 is 14.3 Å². The van der Waals surface area contributed by atoms with E-state index in [0.717, 1.165) is 57.1 Å². The predicted octanol–water partition coefficient (Wildman–Crippen LogP) is 1.52. The maximum Gasteiger partial charge on any atom is 0.263 e. The Hall–Kier alpha value is -2.72. The summed E-state index contributed by atoms with van der Waals surface area (Å²) in [6.07, 6.45) is 3.72. The van der Waals surface area contributed by atoms with E-state index >= 15 is 0 Å². The van der Waals surface area contributed by atoms with E-state index in [1.807, 2.05) is 35.2 Å². The second kappa shape index (κ2) is 9.28. The molecular weight excluding hydrogens is 344 g/mol. The van der Waals surface area contributed by atoms with Gasteiger partial charge in [-0.25, -0.2) is 0 Å². The standard InChI is InChI=1S/C20H26N4O3/c1-26-19-7-3-2-6-18(19)24-10-8-23(9-11-24)15-16(13-21)20(25)22-14-17-5-4-12-27-17/h2-3,6-7,15,17H,4-5,8-12,14H2,1H3,(H,22,25)/b16-15-. The van der Waals surface area contributed by atoms with Gasteiger partial charge in [0.25, 0.3) is 5.91 Å². The van der Waals surface area contributed by atoms with Crippen LogP contribution in [-0.4, -0.2) is 63.4 Å². The molecule has 0 spiro atoms. The second-order valence-corrected chi connectivity index (χ2v) is 6.69. The van der Waals surface area contributed by atoms with E-state index in [9.17, 15) is 10.1 Å². The van der Waals surface area contributed by atoms with Crippen molar-refractivity contribution in [1.29, 1.82) is 5.26 Å². The predicted molar refractivity (Wildman–Crippen MR) is 102 cm³/mol. The first-order chi connectivity index (χ1) is 13.2. The number of carbonyl (C=O) groups is 1. The van der Waals surface area contributed by atoms with Gasteiger partial charge in [-0.05, 0) is 25.0 Å². The van der Waals surface area contributed by atoms with Gasteiger partial charge in [-0.2, -0.15) is 5.26 Å². The quantitative estimate of drug-likeness (QED) is 0.604. The van der Waals surface area contributed by atoms with Crippen molar-refractivity contribution in [2.75, 3.05) is 51.3 Å². The summed E-state index contributed by atoms with van der Waals surface area (Å²) in [5, 5.41) is 12.2. The molecule has 1 amide bonds. The topological polar surface area (TPSA) is 77.8 Å². The lowest BCUT2D eigenvalue weighted by Crippen LogP contribution is -2.44. The highest BCUT2D eigenvalue weighted by molar-refractivity contribution is 5.97. The third-order valence-electron chi connectivity index (χ3n) is 4.93. The largest absolute Gasteiger partial charge is 0.495 e. The molecule has 1 atom stereocenters. The molecule has 2 aliphatic rings. The lowest BCUT2D eigenvalue weighted by atomic mass is 10.2. The first kappa shape index (κ1) is 19.1. The Morgan fingerprint density at radius 2 is 2.15 bits per heavy atom. The van der Waals surface area contributed by atoms with Crippen molar-refractivity contribution in [2.45, 2.75) is 18.9 Å². The molecule has 2 aliphatic heterocycles. The van der Waals surface area contributed by atoms with Crippen LogP contribution in [0, 0.1) is 11.3 Å². The number of nitriles is 1. The average molecular weight is 370 g/mol. The van der Waals surface area contributed by atoms with Crippen LogP contribution >= 0.6 is 0 Å². The number of amides is 1. The number of para-hydroxylation sites is 2. The number of methoxy groups -OCH3 is 1. The number of hydrogen-bond donors (Lipinski definition) is 1. The molecule has 7 nitrogen and oxygen atoms in total. The van der Waals surface area contributed by atoms with Crippen LogP contribution in [0.1, 0.15) is 12.8 Å². The molecule has 2 fully saturated rings. The summed E-state index contributed by atoms with van der Waals surface area (Å²) in [4.78, 5) is 16.5. The highest BCUT2D eigenvalue weighted by atomic mass is 16.5. The van der Waals surface area contributed by atoms with E-state index in [4.69, 9.17) is 9.47 Å². The highest BCUT2D eigenvalue weighted by Crippen LogP contribution is 2.28. The van der Waals surface area contributed by atoms with Crippen LogP contribution in [0.2, 0.25) is 0 Å². The number of rotatable bonds is 6. The molecule has 1 aromatic rings. The minimum atomic E-state index is -0.333. The number of piperazine rings is 1. The zero-order valence-electron chi connectivity index (χ0n) is 15.7. The summed E-state index contributed by atoms with van der Waals surface area (Å²) in [7, 11) is 1.67. The zero-order valence-corrected chi connectivity index (χ0v) is 15.7. The average Bonchev–Trinajstić information content (AvgIpc) is 3.24. The van der Waals surface area contributed by atoms with Crippen LogP contribution < -0.4 is 15.0 Å². The van der Waals surface area contributed by atoms with E-state index in [-0.39, 0.29) is 17.6 Å². The van der Waals surface area contributed by atoms with E-state index in [1.54, 1.807) is 13.3 Å². The third-order valence-corrected chi connectivity index (χ3v) is 4.93. The Bertz CT molecular complexity index is 714. The van der Waals surface area contributed by atoms with Crippen molar-refractivity contribution >= 4 is 11.6 Å². The van der Waals surface area contributed by atoms with E-state index in [0.29, 0.717) is 6.54 Å². The molecule has 3 rings (SSSR count). The van der Waals surface area contributed by atoms with Crippen LogP contribution in [0.25, 0.3) is 0 Å². The van der Waals surface area contributed by atoms with Gasteiger partial charge < -0.3 is 24.6 Å². The molecule has 0 aliphatic carbocycles. The number of benzene rings is 1.